The van der Waals surface area contributed by atoms with Gasteiger partial charge in [-0.05, 0) is 49.6 Å². The zero-order valence-electron chi connectivity index (χ0n) is 15.1. The fourth-order valence-electron chi connectivity index (χ4n) is 3.52. The van der Waals surface area contributed by atoms with Crippen molar-refractivity contribution in [1.29, 1.82) is 0 Å². The Balaban J connectivity index is 1.74. The van der Waals surface area contributed by atoms with E-state index < -0.39 is 0 Å². The second-order valence-electron chi connectivity index (χ2n) is 6.76. The number of aryl methyl sites for hydroxylation is 2. The van der Waals surface area contributed by atoms with Crippen molar-refractivity contribution in [3.05, 3.63) is 58.5 Å². The van der Waals surface area contributed by atoms with Gasteiger partial charge in [0.05, 0.1) is 13.7 Å². The first kappa shape index (κ1) is 17.8. The molecule has 1 aliphatic heterocycles. The molecule has 1 fully saturated rings. The van der Waals surface area contributed by atoms with Crippen LogP contribution in [0.3, 0.4) is 0 Å². The van der Waals surface area contributed by atoms with Crippen LogP contribution >= 0.6 is 0 Å². The lowest BCUT2D eigenvalue weighted by atomic mass is 9.79. The van der Waals surface area contributed by atoms with E-state index in [1.165, 1.54) is 12.1 Å². The van der Waals surface area contributed by atoms with Crippen molar-refractivity contribution >= 4 is 0 Å². The number of rotatable bonds is 6. The standard InChI is InChI=1S/C20H25FN2O2/c1-14-10-15(2)23-19(24-3)18(14)11-22-12-20(8-9-25-13-20)16-4-6-17(21)7-5-16/h4-7,10,22H,8-9,11-13H2,1-3H3/t20-/m0/s1. The van der Waals surface area contributed by atoms with Crippen LogP contribution in [0.1, 0.15) is 28.8 Å². The Morgan fingerprint density at radius 3 is 2.68 bits per heavy atom. The average Bonchev–Trinajstić information content (AvgIpc) is 3.07. The summed E-state index contributed by atoms with van der Waals surface area (Å²) in [7, 11) is 1.65. The minimum atomic E-state index is -0.211. The summed E-state index contributed by atoms with van der Waals surface area (Å²) in [4.78, 5) is 4.46. The predicted molar refractivity (Wildman–Crippen MR) is 95.5 cm³/mol. The molecule has 0 spiro atoms. The maximum atomic E-state index is 13.3. The van der Waals surface area contributed by atoms with Gasteiger partial charge in [-0.15, -0.1) is 0 Å². The molecule has 1 saturated heterocycles. The molecule has 0 amide bonds. The number of hydrogen-bond acceptors (Lipinski definition) is 4. The lowest BCUT2D eigenvalue weighted by Crippen LogP contribution is -2.38. The minimum absolute atomic E-state index is 0.118. The molecule has 1 aromatic carbocycles. The van der Waals surface area contributed by atoms with Crippen LogP contribution in [0.5, 0.6) is 5.88 Å². The van der Waals surface area contributed by atoms with Crippen molar-refractivity contribution in [3.63, 3.8) is 0 Å². The number of methoxy groups -OCH3 is 1. The van der Waals surface area contributed by atoms with Crippen molar-refractivity contribution in [2.24, 2.45) is 0 Å². The van der Waals surface area contributed by atoms with Gasteiger partial charge in [0, 0.05) is 36.4 Å². The molecule has 0 unspecified atom stereocenters. The Kier molecular flexibility index (Phi) is 5.35. The lowest BCUT2D eigenvalue weighted by molar-refractivity contribution is 0.176. The summed E-state index contributed by atoms with van der Waals surface area (Å²) in [6.07, 6.45) is 0.925. The molecule has 4 nitrogen and oxygen atoms in total. The molecule has 0 radical (unpaired) electrons. The van der Waals surface area contributed by atoms with Crippen molar-refractivity contribution in [3.8, 4) is 5.88 Å². The molecule has 3 rings (SSSR count). The zero-order chi connectivity index (χ0) is 17.9. The molecule has 0 bridgehead atoms. The first-order valence-corrected chi connectivity index (χ1v) is 8.60. The number of nitrogens with zero attached hydrogens (tertiary/aromatic N) is 1. The summed E-state index contributed by atoms with van der Waals surface area (Å²) in [5.41, 5.74) is 4.18. The Labute approximate surface area is 148 Å². The van der Waals surface area contributed by atoms with E-state index in [1.54, 1.807) is 7.11 Å². The van der Waals surface area contributed by atoms with Gasteiger partial charge in [0.15, 0.2) is 0 Å². The largest absolute Gasteiger partial charge is 0.481 e. The van der Waals surface area contributed by atoms with Gasteiger partial charge in [-0.2, -0.15) is 0 Å². The summed E-state index contributed by atoms with van der Waals surface area (Å²) < 4.78 is 24.4. The normalized spacial score (nSPS) is 20.0. The fourth-order valence-corrected chi connectivity index (χ4v) is 3.52. The molecule has 1 aliphatic rings. The number of hydrogen-bond donors (Lipinski definition) is 1. The van der Waals surface area contributed by atoms with E-state index in [0.717, 1.165) is 42.0 Å². The SMILES string of the molecule is COc1nc(C)cc(C)c1CNC[C@@]1(c2ccc(F)cc2)CCOC1. The van der Waals surface area contributed by atoms with Crippen LogP contribution in [0, 0.1) is 19.7 Å². The Hall–Kier alpha value is -1.98. The number of aromatic nitrogens is 1. The predicted octanol–water partition coefficient (Wildman–Crippen LogP) is 3.29. The maximum absolute atomic E-state index is 13.3. The molecular formula is C20H25FN2O2. The highest BCUT2D eigenvalue weighted by Crippen LogP contribution is 2.33. The maximum Gasteiger partial charge on any atom is 0.218 e. The molecule has 1 N–H and O–H groups in total. The van der Waals surface area contributed by atoms with E-state index in [-0.39, 0.29) is 11.2 Å². The number of pyridine rings is 1. The van der Waals surface area contributed by atoms with Crippen molar-refractivity contribution in [1.82, 2.24) is 10.3 Å². The molecule has 5 heteroatoms. The van der Waals surface area contributed by atoms with Crippen molar-refractivity contribution in [2.75, 3.05) is 26.9 Å². The molecule has 0 saturated carbocycles. The number of halogens is 1. The first-order valence-electron chi connectivity index (χ1n) is 8.60. The fraction of sp³-hybridized carbons (Fsp3) is 0.450. The van der Waals surface area contributed by atoms with Gasteiger partial charge >= 0.3 is 0 Å². The van der Waals surface area contributed by atoms with E-state index in [0.29, 0.717) is 19.0 Å². The second-order valence-corrected chi connectivity index (χ2v) is 6.76. The highest BCUT2D eigenvalue weighted by atomic mass is 19.1. The molecule has 134 valence electrons. The van der Waals surface area contributed by atoms with Gasteiger partial charge in [-0.1, -0.05) is 12.1 Å². The van der Waals surface area contributed by atoms with Gasteiger partial charge in [-0.3, -0.25) is 0 Å². The van der Waals surface area contributed by atoms with Crippen LogP contribution in [0.2, 0.25) is 0 Å². The third-order valence-corrected chi connectivity index (χ3v) is 4.96. The molecule has 0 aliphatic carbocycles. The molecule has 2 aromatic rings. The van der Waals surface area contributed by atoms with E-state index in [2.05, 4.69) is 23.3 Å². The molecule has 25 heavy (non-hydrogen) atoms. The summed E-state index contributed by atoms with van der Waals surface area (Å²) in [6.45, 7) is 6.84. The van der Waals surface area contributed by atoms with Gasteiger partial charge in [0.1, 0.15) is 5.82 Å². The van der Waals surface area contributed by atoms with Crippen LogP contribution in [0.15, 0.2) is 30.3 Å². The third kappa shape index (κ3) is 3.83. The van der Waals surface area contributed by atoms with Gasteiger partial charge < -0.3 is 14.8 Å². The summed E-state index contributed by atoms with van der Waals surface area (Å²) in [6, 6.07) is 8.84. The zero-order valence-corrected chi connectivity index (χ0v) is 15.1. The average molecular weight is 344 g/mol. The number of nitrogens with one attached hydrogen (secondary N) is 1. The number of ether oxygens (including phenoxy) is 2. The van der Waals surface area contributed by atoms with E-state index >= 15 is 0 Å². The quantitative estimate of drug-likeness (QED) is 0.873. The van der Waals surface area contributed by atoms with Crippen molar-refractivity contribution < 1.29 is 13.9 Å². The molecule has 2 heterocycles. The summed E-state index contributed by atoms with van der Waals surface area (Å²) >= 11 is 0. The van der Waals surface area contributed by atoms with Crippen LogP contribution in [0.25, 0.3) is 0 Å². The monoisotopic (exact) mass is 344 g/mol. The van der Waals surface area contributed by atoms with Crippen LogP contribution in [-0.4, -0.2) is 31.9 Å². The van der Waals surface area contributed by atoms with E-state index in [1.807, 2.05) is 19.1 Å². The number of benzene rings is 1. The minimum Gasteiger partial charge on any atom is -0.481 e. The lowest BCUT2D eigenvalue weighted by Gasteiger charge is -2.29. The van der Waals surface area contributed by atoms with Gasteiger partial charge in [-0.25, -0.2) is 9.37 Å². The Bertz CT molecular complexity index is 725. The molecule has 1 aromatic heterocycles. The van der Waals surface area contributed by atoms with Crippen molar-refractivity contribution in [2.45, 2.75) is 32.2 Å². The topological polar surface area (TPSA) is 43.4 Å². The first-order chi connectivity index (χ1) is 12.0. The van der Waals surface area contributed by atoms with E-state index in [9.17, 15) is 4.39 Å². The molecular weight excluding hydrogens is 319 g/mol. The van der Waals surface area contributed by atoms with E-state index in [4.69, 9.17) is 9.47 Å². The van der Waals surface area contributed by atoms with Crippen LogP contribution in [-0.2, 0) is 16.7 Å². The Morgan fingerprint density at radius 1 is 1.28 bits per heavy atom. The second kappa shape index (κ2) is 7.50. The van der Waals surface area contributed by atoms with Crippen LogP contribution < -0.4 is 10.1 Å². The highest BCUT2D eigenvalue weighted by Gasteiger charge is 2.36. The van der Waals surface area contributed by atoms with Gasteiger partial charge in [0.2, 0.25) is 5.88 Å². The van der Waals surface area contributed by atoms with Crippen LogP contribution in [0.4, 0.5) is 4.39 Å². The third-order valence-electron chi connectivity index (χ3n) is 4.96. The molecule has 1 atom stereocenters. The summed E-state index contributed by atoms with van der Waals surface area (Å²) in [5, 5.41) is 3.54. The smallest absolute Gasteiger partial charge is 0.218 e. The van der Waals surface area contributed by atoms with Gasteiger partial charge in [0.25, 0.3) is 0 Å². The summed E-state index contributed by atoms with van der Waals surface area (Å²) in [5.74, 6) is 0.459. The highest BCUT2D eigenvalue weighted by molar-refractivity contribution is 5.36. The Morgan fingerprint density at radius 2 is 2.04 bits per heavy atom.